The molecule has 0 spiro atoms. The van der Waals surface area contributed by atoms with E-state index in [-0.39, 0.29) is 0 Å². The van der Waals surface area contributed by atoms with Crippen LogP contribution in [0.1, 0.15) is 38.3 Å². The molecule has 1 aromatic carbocycles. The summed E-state index contributed by atoms with van der Waals surface area (Å²) in [7, 11) is 0. The average Bonchev–Trinajstić information content (AvgIpc) is 2.70. The number of hydrogen-bond acceptors (Lipinski definition) is 1. The lowest BCUT2D eigenvalue weighted by molar-refractivity contribution is -0.138. The number of carboxylic acids is 1. The lowest BCUT2D eigenvalue weighted by Gasteiger charge is -2.11. The number of aliphatic carboxylic acids is 1. The number of rotatable bonds is 3. The molecule has 1 atom stereocenters. The smallest absolute Gasteiger partial charge is 0.310 e. The second-order valence-electron chi connectivity index (χ2n) is 4.69. The van der Waals surface area contributed by atoms with Crippen LogP contribution in [0.3, 0.4) is 0 Å². The Morgan fingerprint density at radius 3 is 2.53 bits per heavy atom. The Morgan fingerprint density at radius 1 is 1.24 bits per heavy atom. The fraction of sp³-hybridized carbons (Fsp3) is 0.357. The fourth-order valence-corrected chi connectivity index (χ4v) is 2.04. The SMILES string of the molecule is CC(C(=O)O)c1ccc2c(ccn2C(C)C)c1. The fourth-order valence-electron chi connectivity index (χ4n) is 2.04. The van der Waals surface area contributed by atoms with Gasteiger partial charge in [-0.2, -0.15) is 0 Å². The molecule has 0 aliphatic rings. The van der Waals surface area contributed by atoms with Crippen LogP contribution in [-0.4, -0.2) is 15.6 Å². The summed E-state index contributed by atoms with van der Waals surface area (Å²) in [6.45, 7) is 5.98. The minimum Gasteiger partial charge on any atom is -0.481 e. The first kappa shape index (κ1) is 11.7. The minimum absolute atomic E-state index is 0.412. The summed E-state index contributed by atoms with van der Waals surface area (Å²) in [6.07, 6.45) is 2.05. The summed E-state index contributed by atoms with van der Waals surface area (Å²) < 4.78 is 2.19. The van der Waals surface area contributed by atoms with Crippen molar-refractivity contribution in [2.24, 2.45) is 0 Å². The predicted octanol–water partition coefficient (Wildman–Crippen LogP) is 3.41. The van der Waals surface area contributed by atoms with Gasteiger partial charge in [-0.1, -0.05) is 6.07 Å². The van der Waals surface area contributed by atoms with Gasteiger partial charge in [0.15, 0.2) is 0 Å². The average molecular weight is 231 g/mol. The van der Waals surface area contributed by atoms with Crippen LogP contribution in [0.2, 0.25) is 0 Å². The van der Waals surface area contributed by atoms with Gasteiger partial charge in [0, 0.05) is 17.8 Å². The first-order valence-corrected chi connectivity index (χ1v) is 5.84. The number of carbonyl (C=O) groups is 1. The zero-order valence-corrected chi connectivity index (χ0v) is 10.3. The Kier molecular flexibility index (Phi) is 2.92. The molecule has 0 aliphatic carbocycles. The normalized spacial score (nSPS) is 13.2. The summed E-state index contributed by atoms with van der Waals surface area (Å²) in [5.74, 6) is -1.24. The monoisotopic (exact) mass is 231 g/mol. The van der Waals surface area contributed by atoms with Crippen LogP contribution in [-0.2, 0) is 4.79 Å². The van der Waals surface area contributed by atoms with Crippen LogP contribution in [0.5, 0.6) is 0 Å². The van der Waals surface area contributed by atoms with Gasteiger partial charge in [0.25, 0.3) is 0 Å². The summed E-state index contributed by atoms with van der Waals surface area (Å²) >= 11 is 0. The molecule has 2 rings (SSSR count). The second-order valence-corrected chi connectivity index (χ2v) is 4.69. The van der Waals surface area contributed by atoms with E-state index < -0.39 is 11.9 Å². The van der Waals surface area contributed by atoms with Crippen LogP contribution >= 0.6 is 0 Å². The molecule has 17 heavy (non-hydrogen) atoms. The molecule has 1 aromatic heterocycles. The number of hydrogen-bond donors (Lipinski definition) is 1. The zero-order valence-electron chi connectivity index (χ0n) is 10.3. The van der Waals surface area contributed by atoms with Gasteiger partial charge >= 0.3 is 5.97 Å². The van der Waals surface area contributed by atoms with E-state index in [9.17, 15) is 4.79 Å². The molecule has 0 aliphatic heterocycles. The van der Waals surface area contributed by atoms with Crippen LogP contribution in [0.4, 0.5) is 0 Å². The molecule has 0 saturated heterocycles. The number of nitrogens with zero attached hydrogens (tertiary/aromatic N) is 1. The number of fused-ring (bicyclic) bond motifs is 1. The van der Waals surface area contributed by atoms with Gasteiger partial charge in [-0.3, -0.25) is 4.79 Å². The quantitative estimate of drug-likeness (QED) is 0.879. The molecule has 2 aromatic rings. The molecule has 1 N–H and O–H groups in total. The summed E-state index contributed by atoms with van der Waals surface area (Å²) in [6, 6.07) is 8.32. The Morgan fingerprint density at radius 2 is 1.94 bits per heavy atom. The molecule has 0 bridgehead atoms. The number of aromatic nitrogens is 1. The first-order chi connectivity index (χ1) is 8.00. The molecule has 3 heteroatoms. The Bertz CT molecular complexity index is 554. The van der Waals surface area contributed by atoms with E-state index in [4.69, 9.17) is 5.11 Å². The number of carboxylic acid groups (broad SMARTS) is 1. The highest BCUT2D eigenvalue weighted by Crippen LogP contribution is 2.24. The third kappa shape index (κ3) is 2.05. The second kappa shape index (κ2) is 4.24. The highest BCUT2D eigenvalue weighted by Gasteiger charge is 2.14. The van der Waals surface area contributed by atoms with E-state index >= 15 is 0 Å². The van der Waals surface area contributed by atoms with E-state index in [0.29, 0.717) is 6.04 Å². The Hall–Kier alpha value is -1.77. The Labute approximate surface area is 101 Å². The van der Waals surface area contributed by atoms with Gasteiger partial charge in [-0.05, 0) is 49.9 Å². The maximum Gasteiger partial charge on any atom is 0.310 e. The Balaban J connectivity index is 2.49. The van der Waals surface area contributed by atoms with Gasteiger partial charge in [0.05, 0.1) is 5.92 Å². The summed E-state index contributed by atoms with van der Waals surface area (Å²) in [5.41, 5.74) is 2.01. The van der Waals surface area contributed by atoms with Crippen molar-refractivity contribution in [3.8, 4) is 0 Å². The van der Waals surface area contributed by atoms with Crippen molar-refractivity contribution in [3.63, 3.8) is 0 Å². The van der Waals surface area contributed by atoms with E-state index in [0.717, 1.165) is 16.5 Å². The maximum atomic E-state index is 10.9. The van der Waals surface area contributed by atoms with Gasteiger partial charge in [0.1, 0.15) is 0 Å². The van der Waals surface area contributed by atoms with Crippen molar-refractivity contribution < 1.29 is 9.90 Å². The van der Waals surface area contributed by atoms with Crippen molar-refractivity contribution in [2.45, 2.75) is 32.7 Å². The molecule has 90 valence electrons. The van der Waals surface area contributed by atoms with Gasteiger partial charge in [-0.15, -0.1) is 0 Å². The molecule has 1 heterocycles. The van der Waals surface area contributed by atoms with Crippen molar-refractivity contribution in [2.75, 3.05) is 0 Å². The highest BCUT2D eigenvalue weighted by molar-refractivity contribution is 5.83. The van der Waals surface area contributed by atoms with Crippen LogP contribution in [0.15, 0.2) is 30.5 Å². The van der Waals surface area contributed by atoms with Crippen molar-refractivity contribution in [3.05, 3.63) is 36.0 Å². The standard InChI is InChI=1S/C14H17NO2/c1-9(2)15-7-6-12-8-11(4-5-13(12)15)10(3)14(16)17/h4-10H,1-3H3,(H,16,17). The molecule has 0 amide bonds. The third-order valence-electron chi connectivity index (χ3n) is 3.17. The van der Waals surface area contributed by atoms with E-state index in [1.807, 2.05) is 30.5 Å². The first-order valence-electron chi connectivity index (χ1n) is 5.84. The summed E-state index contributed by atoms with van der Waals surface area (Å²) in [4.78, 5) is 10.9. The van der Waals surface area contributed by atoms with Crippen molar-refractivity contribution >= 4 is 16.9 Å². The molecule has 0 saturated carbocycles. The van der Waals surface area contributed by atoms with Crippen LogP contribution in [0, 0.1) is 0 Å². The van der Waals surface area contributed by atoms with Crippen molar-refractivity contribution in [1.29, 1.82) is 0 Å². The molecular formula is C14H17NO2. The van der Waals surface area contributed by atoms with Crippen molar-refractivity contribution in [1.82, 2.24) is 4.57 Å². The molecule has 3 nitrogen and oxygen atoms in total. The maximum absolute atomic E-state index is 10.9. The van der Waals surface area contributed by atoms with E-state index in [1.54, 1.807) is 6.92 Å². The lowest BCUT2D eigenvalue weighted by Crippen LogP contribution is -2.07. The van der Waals surface area contributed by atoms with E-state index in [1.165, 1.54) is 0 Å². The van der Waals surface area contributed by atoms with Crippen LogP contribution < -0.4 is 0 Å². The lowest BCUT2D eigenvalue weighted by atomic mass is 10.00. The zero-order chi connectivity index (χ0) is 12.6. The molecule has 0 fully saturated rings. The highest BCUT2D eigenvalue weighted by atomic mass is 16.4. The third-order valence-corrected chi connectivity index (χ3v) is 3.17. The minimum atomic E-state index is -0.785. The topological polar surface area (TPSA) is 42.2 Å². The largest absolute Gasteiger partial charge is 0.481 e. The number of benzene rings is 1. The van der Waals surface area contributed by atoms with E-state index in [2.05, 4.69) is 18.4 Å². The van der Waals surface area contributed by atoms with Gasteiger partial charge in [-0.25, -0.2) is 0 Å². The van der Waals surface area contributed by atoms with Gasteiger partial charge in [0.2, 0.25) is 0 Å². The molecule has 0 radical (unpaired) electrons. The predicted molar refractivity (Wildman–Crippen MR) is 68.4 cm³/mol. The van der Waals surface area contributed by atoms with Crippen LogP contribution in [0.25, 0.3) is 10.9 Å². The van der Waals surface area contributed by atoms with Gasteiger partial charge < -0.3 is 9.67 Å². The molecular weight excluding hydrogens is 214 g/mol. The molecule has 1 unspecified atom stereocenters. The summed E-state index contributed by atoms with van der Waals surface area (Å²) in [5, 5.41) is 10.1.